The maximum atomic E-state index is 12.7. The van der Waals surface area contributed by atoms with Gasteiger partial charge in [-0.3, -0.25) is 9.59 Å². The smallest absolute Gasteiger partial charge is 0.340 e. The SMILES string of the molecule is CCOC(=O)Cc1c(C(=O)OCC)c(CCc2ccccc2)c(C(=O)Cl)n1C. The Hall–Kier alpha value is -2.60. The predicted molar refractivity (Wildman–Crippen MR) is 106 cm³/mol. The van der Waals surface area contributed by atoms with Gasteiger partial charge in [0, 0.05) is 12.7 Å². The van der Waals surface area contributed by atoms with E-state index in [-0.39, 0.29) is 30.9 Å². The van der Waals surface area contributed by atoms with Crippen LogP contribution in [0.2, 0.25) is 0 Å². The Kier molecular flexibility index (Phi) is 7.81. The van der Waals surface area contributed by atoms with E-state index >= 15 is 0 Å². The molecule has 0 saturated heterocycles. The van der Waals surface area contributed by atoms with E-state index < -0.39 is 17.2 Å². The second kappa shape index (κ2) is 10.1. The van der Waals surface area contributed by atoms with Gasteiger partial charge in [0.05, 0.1) is 25.2 Å². The average Bonchev–Trinajstić information content (AvgIpc) is 2.93. The fourth-order valence-electron chi connectivity index (χ4n) is 3.21. The summed E-state index contributed by atoms with van der Waals surface area (Å²) in [6, 6.07) is 9.70. The van der Waals surface area contributed by atoms with E-state index in [9.17, 15) is 14.4 Å². The number of esters is 2. The monoisotopic (exact) mass is 405 g/mol. The number of hydrogen-bond acceptors (Lipinski definition) is 5. The number of carbonyl (C=O) groups is 3. The van der Waals surface area contributed by atoms with Gasteiger partial charge in [-0.25, -0.2) is 4.79 Å². The lowest BCUT2D eigenvalue weighted by Crippen LogP contribution is -2.16. The minimum atomic E-state index is -0.689. The van der Waals surface area contributed by atoms with Crippen molar-refractivity contribution >= 4 is 28.8 Å². The van der Waals surface area contributed by atoms with Crippen LogP contribution in [-0.4, -0.2) is 35.0 Å². The summed E-state index contributed by atoms with van der Waals surface area (Å²) < 4.78 is 11.7. The molecule has 0 radical (unpaired) electrons. The average molecular weight is 406 g/mol. The molecule has 0 spiro atoms. The molecule has 6 nitrogen and oxygen atoms in total. The van der Waals surface area contributed by atoms with Crippen molar-refractivity contribution in [2.75, 3.05) is 13.2 Å². The van der Waals surface area contributed by atoms with Crippen LogP contribution in [0.25, 0.3) is 0 Å². The summed E-state index contributed by atoms with van der Waals surface area (Å²) in [6.07, 6.45) is 0.858. The molecule has 150 valence electrons. The number of aromatic nitrogens is 1. The van der Waals surface area contributed by atoms with Crippen molar-refractivity contribution in [2.24, 2.45) is 7.05 Å². The van der Waals surface area contributed by atoms with Crippen molar-refractivity contribution < 1.29 is 23.9 Å². The first-order valence-electron chi connectivity index (χ1n) is 9.17. The summed E-state index contributed by atoms with van der Waals surface area (Å²) in [5, 5.41) is -0.689. The van der Waals surface area contributed by atoms with E-state index in [1.165, 1.54) is 4.57 Å². The molecule has 0 saturated carbocycles. The number of carbonyl (C=O) groups excluding carboxylic acids is 3. The minimum absolute atomic E-state index is 0.152. The number of hydrogen-bond donors (Lipinski definition) is 0. The van der Waals surface area contributed by atoms with Gasteiger partial charge in [-0.15, -0.1) is 0 Å². The molecule has 1 aromatic carbocycles. The summed E-state index contributed by atoms with van der Waals surface area (Å²) in [4.78, 5) is 36.9. The highest BCUT2D eigenvalue weighted by Gasteiger charge is 2.30. The Bertz CT molecular complexity index is 857. The fraction of sp³-hybridized carbons (Fsp3) is 0.381. The van der Waals surface area contributed by atoms with Crippen LogP contribution >= 0.6 is 11.6 Å². The zero-order valence-electron chi connectivity index (χ0n) is 16.3. The normalized spacial score (nSPS) is 10.6. The van der Waals surface area contributed by atoms with Crippen LogP contribution in [-0.2, 0) is 40.6 Å². The van der Waals surface area contributed by atoms with Crippen molar-refractivity contribution in [3.63, 3.8) is 0 Å². The topological polar surface area (TPSA) is 74.6 Å². The van der Waals surface area contributed by atoms with Crippen LogP contribution in [0, 0.1) is 0 Å². The lowest BCUT2D eigenvalue weighted by molar-refractivity contribution is -0.142. The van der Waals surface area contributed by atoms with Gasteiger partial charge < -0.3 is 14.0 Å². The second-order valence-corrected chi connectivity index (χ2v) is 6.51. The van der Waals surface area contributed by atoms with E-state index in [0.29, 0.717) is 24.1 Å². The van der Waals surface area contributed by atoms with Crippen LogP contribution in [0.5, 0.6) is 0 Å². The largest absolute Gasteiger partial charge is 0.466 e. The Morgan fingerprint density at radius 2 is 1.64 bits per heavy atom. The maximum absolute atomic E-state index is 12.7. The Labute approximate surface area is 169 Å². The third-order valence-corrected chi connectivity index (χ3v) is 4.58. The summed E-state index contributed by atoms with van der Waals surface area (Å²) in [7, 11) is 1.61. The van der Waals surface area contributed by atoms with E-state index in [4.69, 9.17) is 21.1 Å². The van der Waals surface area contributed by atoms with Crippen molar-refractivity contribution in [3.8, 4) is 0 Å². The predicted octanol–water partition coefficient (Wildman–Crippen LogP) is 3.47. The van der Waals surface area contributed by atoms with E-state index in [2.05, 4.69) is 0 Å². The molecular formula is C21H24ClNO5. The van der Waals surface area contributed by atoms with Crippen LogP contribution in [0.4, 0.5) is 0 Å². The molecule has 2 aromatic rings. The molecule has 0 atom stereocenters. The van der Waals surface area contributed by atoms with Crippen molar-refractivity contribution in [2.45, 2.75) is 33.1 Å². The second-order valence-electron chi connectivity index (χ2n) is 6.17. The fourth-order valence-corrected chi connectivity index (χ4v) is 3.45. The molecule has 1 aromatic heterocycles. The van der Waals surface area contributed by atoms with Gasteiger partial charge in [0.15, 0.2) is 0 Å². The summed E-state index contributed by atoms with van der Waals surface area (Å²) in [5.41, 5.74) is 2.33. The van der Waals surface area contributed by atoms with Crippen LogP contribution in [0.3, 0.4) is 0 Å². The number of nitrogens with zero attached hydrogens (tertiary/aromatic N) is 1. The minimum Gasteiger partial charge on any atom is -0.466 e. The van der Waals surface area contributed by atoms with Gasteiger partial charge in [0.2, 0.25) is 0 Å². The summed E-state index contributed by atoms with van der Waals surface area (Å²) in [6.45, 7) is 3.80. The van der Waals surface area contributed by atoms with Crippen LogP contribution in [0.1, 0.15) is 51.5 Å². The first kappa shape index (κ1) is 21.7. The zero-order valence-corrected chi connectivity index (χ0v) is 17.0. The van der Waals surface area contributed by atoms with Gasteiger partial charge >= 0.3 is 11.9 Å². The van der Waals surface area contributed by atoms with E-state index in [1.54, 1.807) is 20.9 Å². The molecule has 0 aliphatic carbocycles. The molecular weight excluding hydrogens is 382 g/mol. The third-order valence-electron chi connectivity index (χ3n) is 4.41. The quantitative estimate of drug-likeness (QED) is 0.471. The Morgan fingerprint density at radius 1 is 1.00 bits per heavy atom. The molecule has 0 amide bonds. The van der Waals surface area contributed by atoms with Gasteiger partial charge in [-0.1, -0.05) is 30.3 Å². The molecule has 0 N–H and O–H groups in total. The van der Waals surface area contributed by atoms with Crippen molar-refractivity contribution in [1.29, 1.82) is 0 Å². The molecule has 0 fully saturated rings. The number of rotatable bonds is 9. The van der Waals surface area contributed by atoms with Crippen LogP contribution in [0.15, 0.2) is 30.3 Å². The zero-order chi connectivity index (χ0) is 20.7. The third kappa shape index (κ3) is 5.01. The Morgan fingerprint density at radius 3 is 2.21 bits per heavy atom. The molecule has 0 aliphatic heterocycles. The highest BCUT2D eigenvalue weighted by atomic mass is 35.5. The van der Waals surface area contributed by atoms with Crippen molar-refractivity contribution in [1.82, 2.24) is 4.57 Å². The van der Waals surface area contributed by atoms with Gasteiger partial charge in [0.25, 0.3) is 5.24 Å². The first-order chi connectivity index (χ1) is 13.4. The molecule has 0 bridgehead atoms. The first-order valence-corrected chi connectivity index (χ1v) is 9.55. The van der Waals surface area contributed by atoms with Gasteiger partial charge in [-0.05, 0) is 49.4 Å². The lowest BCUT2D eigenvalue weighted by atomic mass is 9.99. The van der Waals surface area contributed by atoms with Crippen molar-refractivity contribution in [3.05, 3.63) is 58.4 Å². The molecule has 0 unspecified atom stereocenters. The summed E-state index contributed by atoms with van der Waals surface area (Å²) >= 11 is 5.83. The van der Waals surface area contributed by atoms with Gasteiger partial charge in [0.1, 0.15) is 5.69 Å². The molecule has 0 aliphatic rings. The maximum Gasteiger partial charge on any atom is 0.340 e. The highest BCUT2D eigenvalue weighted by Crippen LogP contribution is 2.27. The lowest BCUT2D eigenvalue weighted by Gasteiger charge is -2.08. The standard InChI is InChI=1S/C21H24ClNO5/c1-4-27-17(24)13-16-18(21(26)28-5-2)15(19(20(22)25)23(16)3)12-11-14-9-7-6-8-10-14/h6-10H,4-5,11-13H2,1-3H3. The van der Waals surface area contributed by atoms with Crippen LogP contribution < -0.4 is 0 Å². The molecule has 7 heteroatoms. The van der Waals surface area contributed by atoms with Gasteiger partial charge in [-0.2, -0.15) is 0 Å². The van der Waals surface area contributed by atoms with E-state index in [1.807, 2.05) is 30.3 Å². The number of benzene rings is 1. The molecule has 28 heavy (non-hydrogen) atoms. The Balaban J connectivity index is 2.53. The molecule has 2 rings (SSSR count). The number of ether oxygens (including phenoxy) is 2. The van der Waals surface area contributed by atoms with E-state index in [0.717, 1.165) is 5.56 Å². The molecule has 1 heterocycles. The highest BCUT2D eigenvalue weighted by molar-refractivity contribution is 6.67. The number of halogens is 1. The number of aryl methyl sites for hydroxylation is 1. The summed E-state index contributed by atoms with van der Waals surface area (Å²) in [5.74, 6) is -1.07.